The Morgan fingerprint density at radius 1 is 1.06 bits per heavy atom. The van der Waals surface area contributed by atoms with E-state index in [1.165, 1.54) is 11.3 Å². The number of imidazole rings is 1. The van der Waals surface area contributed by atoms with Gasteiger partial charge in [-0.25, -0.2) is 24.5 Å². The molecule has 0 aliphatic rings. The normalized spacial score (nSPS) is 11.4. The highest BCUT2D eigenvalue weighted by Crippen LogP contribution is 2.37. The van der Waals surface area contributed by atoms with Crippen molar-refractivity contribution in [3.8, 4) is 39.7 Å². The van der Waals surface area contributed by atoms with Gasteiger partial charge in [-0.1, -0.05) is 0 Å². The number of fused-ring (bicyclic) bond motifs is 2. The van der Waals surface area contributed by atoms with E-state index in [4.69, 9.17) is 18.6 Å². The van der Waals surface area contributed by atoms with Crippen LogP contribution in [0.4, 0.5) is 0 Å². The number of aromatic nitrogens is 6. The van der Waals surface area contributed by atoms with Gasteiger partial charge in [0.1, 0.15) is 35.1 Å². The molecule has 5 heterocycles. The van der Waals surface area contributed by atoms with E-state index in [0.717, 1.165) is 21.8 Å². The molecular formula is C23H18N6O4S2. The van der Waals surface area contributed by atoms with Crippen molar-refractivity contribution in [1.29, 1.82) is 0 Å². The second-order valence-corrected chi connectivity index (χ2v) is 9.47. The summed E-state index contributed by atoms with van der Waals surface area (Å²) in [5.74, 6) is 2.40. The summed E-state index contributed by atoms with van der Waals surface area (Å²) in [6.45, 7) is 2.19. The van der Waals surface area contributed by atoms with E-state index in [1.807, 2.05) is 36.6 Å². The van der Waals surface area contributed by atoms with Crippen LogP contribution in [-0.2, 0) is 6.61 Å². The van der Waals surface area contributed by atoms with Crippen LogP contribution in [-0.4, -0.2) is 43.8 Å². The highest BCUT2D eigenvalue weighted by atomic mass is 32.1. The van der Waals surface area contributed by atoms with Gasteiger partial charge in [0.25, 0.3) is 5.19 Å². The molecule has 0 aliphatic carbocycles. The molecule has 0 saturated heterocycles. The number of methoxy groups -OCH3 is 2. The molecule has 0 spiro atoms. The van der Waals surface area contributed by atoms with Gasteiger partial charge in [-0.3, -0.25) is 0 Å². The quantitative estimate of drug-likeness (QED) is 0.295. The van der Waals surface area contributed by atoms with E-state index < -0.39 is 0 Å². The van der Waals surface area contributed by atoms with Crippen molar-refractivity contribution in [3.05, 3.63) is 52.7 Å². The van der Waals surface area contributed by atoms with Gasteiger partial charge in [0.05, 0.1) is 36.5 Å². The van der Waals surface area contributed by atoms with Crippen LogP contribution in [0.25, 0.3) is 38.9 Å². The van der Waals surface area contributed by atoms with Crippen LogP contribution in [0.5, 0.6) is 16.7 Å². The van der Waals surface area contributed by atoms with Crippen molar-refractivity contribution in [2.24, 2.45) is 0 Å². The molecule has 0 fully saturated rings. The van der Waals surface area contributed by atoms with E-state index in [1.54, 1.807) is 42.5 Å². The van der Waals surface area contributed by atoms with Crippen LogP contribution in [0, 0.1) is 6.92 Å². The molecule has 10 nitrogen and oxygen atoms in total. The van der Waals surface area contributed by atoms with Crippen LogP contribution in [0.2, 0.25) is 0 Å². The lowest BCUT2D eigenvalue weighted by atomic mass is 10.2. The highest BCUT2D eigenvalue weighted by molar-refractivity contribution is 7.18. The third-order valence-corrected chi connectivity index (χ3v) is 6.85. The van der Waals surface area contributed by atoms with E-state index in [-0.39, 0.29) is 6.61 Å². The molecule has 0 saturated carbocycles. The minimum atomic E-state index is 0.241. The highest BCUT2D eigenvalue weighted by Gasteiger charge is 2.17. The molecule has 0 atom stereocenters. The summed E-state index contributed by atoms with van der Waals surface area (Å²) in [7, 11) is 3.18. The molecular weight excluding hydrogens is 488 g/mol. The van der Waals surface area contributed by atoms with Crippen LogP contribution in [0.1, 0.15) is 10.7 Å². The Kier molecular flexibility index (Phi) is 5.30. The lowest BCUT2D eigenvalue weighted by Gasteiger charge is -2.09. The number of hydrogen-bond acceptors (Lipinski definition) is 11. The third kappa shape index (κ3) is 4.06. The maximum atomic E-state index is 6.17. The maximum Gasteiger partial charge on any atom is 0.294 e. The predicted octanol–water partition coefficient (Wildman–Crippen LogP) is 5.02. The summed E-state index contributed by atoms with van der Waals surface area (Å²) >= 11 is 2.91. The lowest BCUT2D eigenvalue weighted by molar-refractivity contribution is 0.302. The average Bonchev–Trinajstić information content (AvgIpc) is 3.64. The van der Waals surface area contributed by atoms with Crippen LogP contribution >= 0.6 is 22.7 Å². The minimum absolute atomic E-state index is 0.241. The molecule has 0 unspecified atom stereocenters. The van der Waals surface area contributed by atoms with Gasteiger partial charge in [0.2, 0.25) is 4.96 Å². The van der Waals surface area contributed by atoms with Crippen molar-refractivity contribution < 1.29 is 18.6 Å². The van der Waals surface area contributed by atoms with Gasteiger partial charge in [0, 0.05) is 23.7 Å². The first-order valence-electron chi connectivity index (χ1n) is 10.5. The van der Waals surface area contributed by atoms with Crippen molar-refractivity contribution >= 4 is 38.6 Å². The van der Waals surface area contributed by atoms with Gasteiger partial charge in [-0.15, -0.1) is 16.4 Å². The van der Waals surface area contributed by atoms with Crippen molar-refractivity contribution in [2.45, 2.75) is 13.5 Å². The number of thiazole rings is 1. The Bertz CT molecular complexity index is 1640. The molecule has 12 heteroatoms. The largest absolute Gasteiger partial charge is 0.496 e. The molecule has 0 amide bonds. The molecule has 0 aliphatic heterocycles. The lowest BCUT2D eigenvalue weighted by Crippen LogP contribution is -2.01. The molecule has 35 heavy (non-hydrogen) atoms. The van der Waals surface area contributed by atoms with Gasteiger partial charge < -0.3 is 18.6 Å². The number of aryl methyl sites for hydroxylation is 1. The Balaban J connectivity index is 1.31. The Morgan fingerprint density at radius 3 is 2.74 bits per heavy atom. The maximum absolute atomic E-state index is 6.17. The fraction of sp³-hybridized carbons (Fsp3) is 0.174. The number of nitrogens with zero attached hydrogens (tertiary/aromatic N) is 6. The Labute approximate surface area is 206 Å². The standard InChI is InChI=1S/C23H18N6O4S2/c1-12-25-17(11-34-12)21-24-5-4-13(26-21)10-32-18-6-14(30-2)7-19-15(18)8-20(33-19)16-9-29-22(27-16)35-23(28-29)31-3/h4-9,11H,10H2,1-3H3. The summed E-state index contributed by atoms with van der Waals surface area (Å²) in [5.41, 5.74) is 2.77. The van der Waals surface area contributed by atoms with Crippen LogP contribution in [0.3, 0.4) is 0 Å². The van der Waals surface area contributed by atoms with Crippen LogP contribution < -0.4 is 14.2 Å². The first kappa shape index (κ1) is 21.5. The summed E-state index contributed by atoms with van der Waals surface area (Å²) < 4.78 is 24.6. The van der Waals surface area contributed by atoms with Crippen molar-refractivity contribution in [3.63, 3.8) is 0 Å². The summed E-state index contributed by atoms with van der Waals surface area (Å²) in [6, 6.07) is 7.36. The minimum Gasteiger partial charge on any atom is -0.496 e. The molecule has 1 aromatic carbocycles. The molecule has 6 rings (SSSR count). The average molecular weight is 507 g/mol. The molecule has 176 valence electrons. The van der Waals surface area contributed by atoms with Gasteiger partial charge in [-0.2, -0.15) is 0 Å². The van der Waals surface area contributed by atoms with E-state index in [2.05, 4.69) is 25.0 Å². The van der Waals surface area contributed by atoms with E-state index >= 15 is 0 Å². The van der Waals surface area contributed by atoms with Gasteiger partial charge in [0.15, 0.2) is 11.6 Å². The molecule has 6 aromatic rings. The Morgan fingerprint density at radius 2 is 1.97 bits per heavy atom. The number of benzene rings is 1. The summed E-state index contributed by atoms with van der Waals surface area (Å²) in [6.07, 6.45) is 3.51. The van der Waals surface area contributed by atoms with E-state index in [0.29, 0.717) is 44.5 Å². The smallest absolute Gasteiger partial charge is 0.294 e. The van der Waals surface area contributed by atoms with Gasteiger partial charge >= 0.3 is 0 Å². The van der Waals surface area contributed by atoms with E-state index in [9.17, 15) is 0 Å². The van der Waals surface area contributed by atoms with Crippen molar-refractivity contribution in [1.82, 2.24) is 29.5 Å². The molecule has 5 aromatic heterocycles. The number of hydrogen-bond donors (Lipinski definition) is 0. The number of rotatable bonds is 7. The number of furan rings is 1. The summed E-state index contributed by atoms with van der Waals surface area (Å²) in [4.78, 5) is 18.7. The topological polar surface area (TPSA) is 110 Å². The molecule has 0 N–H and O–H groups in total. The van der Waals surface area contributed by atoms with Crippen molar-refractivity contribution in [2.75, 3.05) is 14.2 Å². The molecule has 0 radical (unpaired) electrons. The second-order valence-electron chi connectivity index (χ2n) is 7.49. The van der Waals surface area contributed by atoms with Gasteiger partial charge in [-0.05, 0) is 30.4 Å². The zero-order chi connectivity index (χ0) is 23.9. The Hall–Kier alpha value is -4.03. The predicted molar refractivity (Wildman–Crippen MR) is 131 cm³/mol. The number of ether oxygens (including phenoxy) is 3. The fourth-order valence-electron chi connectivity index (χ4n) is 3.55. The zero-order valence-corrected chi connectivity index (χ0v) is 20.5. The first-order valence-corrected chi connectivity index (χ1v) is 12.2. The fourth-order valence-corrected chi connectivity index (χ4v) is 4.84. The van der Waals surface area contributed by atoms with Crippen LogP contribution in [0.15, 0.2) is 46.5 Å². The SMILES string of the molecule is COc1cc(OCc2ccnc(-c3csc(C)n3)n2)c2cc(-c3cn4nc(OC)sc4n3)oc2c1. The zero-order valence-electron chi connectivity index (χ0n) is 18.9. The first-order chi connectivity index (χ1) is 17.1. The third-order valence-electron chi connectivity index (χ3n) is 5.20. The monoisotopic (exact) mass is 506 g/mol. The second kappa shape index (κ2) is 8.64. The summed E-state index contributed by atoms with van der Waals surface area (Å²) in [5, 5.41) is 8.57. The molecule has 0 bridgehead atoms.